The van der Waals surface area contributed by atoms with Gasteiger partial charge in [-0.1, -0.05) is 0 Å². The normalized spacial score (nSPS) is 11.1. The van der Waals surface area contributed by atoms with Gasteiger partial charge in [-0.05, 0) is 36.4 Å². The zero-order chi connectivity index (χ0) is 12.6. The third kappa shape index (κ3) is 3.41. The Hall–Kier alpha value is -2.69. The fourth-order valence-corrected chi connectivity index (χ4v) is 1.23. The summed E-state index contributed by atoms with van der Waals surface area (Å²) in [5, 5.41) is 3.77. The molecule has 18 heavy (non-hydrogen) atoms. The SMILES string of the molecule is O=C(NN=C/C=C/c1ccco1)c1ccncc1. The van der Waals surface area contributed by atoms with E-state index in [9.17, 15) is 4.79 Å². The first-order valence-electron chi connectivity index (χ1n) is 5.30. The average Bonchev–Trinajstić information content (AvgIpc) is 2.92. The van der Waals surface area contributed by atoms with Crippen molar-refractivity contribution in [1.82, 2.24) is 10.4 Å². The zero-order valence-electron chi connectivity index (χ0n) is 9.48. The van der Waals surface area contributed by atoms with E-state index >= 15 is 0 Å². The Labute approximate surface area is 104 Å². The molecule has 0 fully saturated rings. The summed E-state index contributed by atoms with van der Waals surface area (Å²) < 4.78 is 5.09. The second-order valence-corrected chi connectivity index (χ2v) is 3.33. The second-order valence-electron chi connectivity index (χ2n) is 3.33. The highest BCUT2D eigenvalue weighted by molar-refractivity contribution is 5.94. The van der Waals surface area contributed by atoms with Gasteiger partial charge in [0.05, 0.1) is 6.26 Å². The number of nitrogens with zero attached hydrogens (tertiary/aromatic N) is 2. The van der Waals surface area contributed by atoms with Crippen molar-refractivity contribution >= 4 is 18.2 Å². The number of hydrazone groups is 1. The molecule has 0 saturated carbocycles. The molecule has 5 nitrogen and oxygen atoms in total. The molecule has 0 saturated heterocycles. The van der Waals surface area contributed by atoms with Crippen LogP contribution in [0.15, 0.2) is 58.5 Å². The lowest BCUT2D eigenvalue weighted by atomic mass is 10.3. The first kappa shape index (κ1) is 11.8. The largest absolute Gasteiger partial charge is 0.465 e. The zero-order valence-corrected chi connectivity index (χ0v) is 9.48. The molecule has 0 radical (unpaired) electrons. The average molecular weight is 241 g/mol. The van der Waals surface area contributed by atoms with E-state index in [0.717, 1.165) is 5.76 Å². The monoisotopic (exact) mass is 241 g/mol. The Morgan fingerprint density at radius 1 is 1.33 bits per heavy atom. The molecule has 2 aromatic heterocycles. The molecular weight excluding hydrogens is 230 g/mol. The molecule has 2 rings (SSSR count). The van der Waals surface area contributed by atoms with Gasteiger partial charge in [0.15, 0.2) is 0 Å². The van der Waals surface area contributed by atoms with Crippen LogP contribution < -0.4 is 5.43 Å². The number of carbonyl (C=O) groups excluding carboxylic acids is 1. The number of nitrogens with one attached hydrogen (secondary N) is 1. The van der Waals surface area contributed by atoms with Crippen molar-refractivity contribution in [3.8, 4) is 0 Å². The van der Waals surface area contributed by atoms with E-state index in [1.54, 1.807) is 49.0 Å². The van der Waals surface area contributed by atoms with Crippen LogP contribution in [0.5, 0.6) is 0 Å². The molecule has 1 N–H and O–H groups in total. The first-order chi connectivity index (χ1) is 8.86. The molecule has 0 atom stereocenters. The number of carbonyl (C=O) groups is 1. The van der Waals surface area contributed by atoms with Crippen LogP contribution in [0.3, 0.4) is 0 Å². The standard InChI is InChI=1S/C13H11N3O2/c17-13(11-5-8-14-9-6-11)16-15-7-1-3-12-4-2-10-18-12/h1-10H,(H,16,17)/b3-1+,15-7?. The second kappa shape index (κ2) is 6.15. The van der Waals surface area contributed by atoms with Crippen LogP contribution in [0.4, 0.5) is 0 Å². The first-order valence-corrected chi connectivity index (χ1v) is 5.30. The van der Waals surface area contributed by atoms with Gasteiger partial charge >= 0.3 is 0 Å². The number of allylic oxidation sites excluding steroid dienone is 1. The quantitative estimate of drug-likeness (QED) is 0.658. The van der Waals surface area contributed by atoms with E-state index in [1.165, 1.54) is 6.21 Å². The number of aromatic nitrogens is 1. The van der Waals surface area contributed by atoms with E-state index in [0.29, 0.717) is 5.56 Å². The molecule has 5 heteroatoms. The van der Waals surface area contributed by atoms with Crippen LogP contribution in [0, 0.1) is 0 Å². The van der Waals surface area contributed by atoms with E-state index in [4.69, 9.17) is 4.42 Å². The Kier molecular flexibility index (Phi) is 4.02. The fraction of sp³-hybridized carbons (Fsp3) is 0. The van der Waals surface area contributed by atoms with E-state index < -0.39 is 0 Å². The highest BCUT2D eigenvalue weighted by atomic mass is 16.3. The lowest BCUT2D eigenvalue weighted by molar-refractivity contribution is 0.0955. The molecule has 1 amide bonds. The summed E-state index contributed by atoms with van der Waals surface area (Å²) in [6, 6.07) is 6.84. The minimum absolute atomic E-state index is 0.278. The maximum absolute atomic E-state index is 11.5. The topological polar surface area (TPSA) is 67.5 Å². The van der Waals surface area contributed by atoms with Gasteiger partial charge in [-0.25, -0.2) is 5.43 Å². The molecule has 2 heterocycles. The molecule has 0 aliphatic rings. The minimum Gasteiger partial charge on any atom is -0.465 e. The number of hydrogen-bond donors (Lipinski definition) is 1. The number of amides is 1. The number of pyridine rings is 1. The van der Waals surface area contributed by atoms with Crippen molar-refractivity contribution in [2.75, 3.05) is 0 Å². The summed E-state index contributed by atoms with van der Waals surface area (Å²) in [6.07, 6.45) is 9.57. The minimum atomic E-state index is -0.278. The molecule has 0 aliphatic carbocycles. The smallest absolute Gasteiger partial charge is 0.271 e. The van der Waals surface area contributed by atoms with Crippen molar-refractivity contribution < 1.29 is 9.21 Å². The molecule has 90 valence electrons. The van der Waals surface area contributed by atoms with Crippen molar-refractivity contribution in [3.63, 3.8) is 0 Å². The molecular formula is C13H11N3O2. The van der Waals surface area contributed by atoms with Gasteiger partial charge in [-0.3, -0.25) is 9.78 Å². The van der Waals surface area contributed by atoms with Crippen molar-refractivity contribution in [2.45, 2.75) is 0 Å². The van der Waals surface area contributed by atoms with Gasteiger partial charge in [0.2, 0.25) is 0 Å². The molecule has 0 spiro atoms. The van der Waals surface area contributed by atoms with Crippen LogP contribution in [0.25, 0.3) is 6.08 Å². The summed E-state index contributed by atoms with van der Waals surface area (Å²) in [5.74, 6) is 0.446. The van der Waals surface area contributed by atoms with Gasteiger partial charge in [-0.15, -0.1) is 0 Å². The predicted molar refractivity (Wildman–Crippen MR) is 67.9 cm³/mol. The van der Waals surface area contributed by atoms with Crippen molar-refractivity contribution in [2.24, 2.45) is 5.10 Å². The Morgan fingerprint density at radius 2 is 2.17 bits per heavy atom. The Balaban J connectivity index is 1.83. The third-order valence-corrected chi connectivity index (χ3v) is 2.07. The fourth-order valence-electron chi connectivity index (χ4n) is 1.23. The molecule has 2 aromatic rings. The van der Waals surface area contributed by atoms with Gasteiger partial charge in [0, 0.05) is 24.2 Å². The van der Waals surface area contributed by atoms with Crippen LogP contribution in [-0.2, 0) is 0 Å². The third-order valence-electron chi connectivity index (χ3n) is 2.07. The predicted octanol–water partition coefficient (Wildman–Crippen LogP) is 2.10. The number of rotatable bonds is 4. The van der Waals surface area contributed by atoms with Gasteiger partial charge in [0.25, 0.3) is 5.91 Å². The van der Waals surface area contributed by atoms with Crippen LogP contribution in [0.1, 0.15) is 16.1 Å². The maximum Gasteiger partial charge on any atom is 0.271 e. The number of furan rings is 1. The van der Waals surface area contributed by atoms with Crippen LogP contribution >= 0.6 is 0 Å². The summed E-state index contributed by atoms with van der Waals surface area (Å²) >= 11 is 0. The summed E-state index contributed by atoms with van der Waals surface area (Å²) in [7, 11) is 0. The van der Waals surface area contributed by atoms with Gasteiger partial charge < -0.3 is 4.42 Å². The molecule has 0 aliphatic heterocycles. The highest BCUT2D eigenvalue weighted by Gasteiger charge is 2.01. The highest BCUT2D eigenvalue weighted by Crippen LogP contribution is 2.01. The lowest BCUT2D eigenvalue weighted by Crippen LogP contribution is -2.17. The number of hydrogen-bond acceptors (Lipinski definition) is 4. The Morgan fingerprint density at radius 3 is 2.89 bits per heavy atom. The lowest BCUT2D eigenvalue weighted by Gasteiger charge is -1.96. The Bertz CT molecular complexity index is 545. The maximum atomic E-state index is 11.5. The summed E-state index contributed by atoms with van der Waals surface area (Å²) in [6.45, 7) is 0. The van der Waals surface area contributed by atoms with Crippen molar-refractivity contribution in [1.29, 1.82) is 0 Å². The van der Waals surface area contributed by atoms with E-state index in [2.05, 4.69) is 15.5 Å². The van der Waals surface area contributed by atoms with E-state index in [1.807, 2.05) is 6.07 Å². The van der Waals surface area contributed by atoms with Gasteiger partial charge in [0.1, 0.15) is 5.76 Å². The van der Waals surface area contributed by atoms with Crippen molar-refractivity contribution in [3.05, 3.63) is 60.3 Å². The molecule has 0 bridgehead atoms. The molecule has 0 unspecified atom stereocenters. The van der Waals surface area contributed by atoms with E-state index in [-0.39, 0.29) is 5.91 Å². The van der Waals surface area contributed by atoms with Crippen LogP contribution in [0.2, 0.25) is 0 Å². The van der Waals surface area contributed by atoms with Gasteiger partial charge in [-0.2, -0.15) is 5.10 Å². The summed E-state index contributed by atoms with van der Waals surface area (Å²) in [5.41, 5.74) is 2.91. The summed E-state index contributed by atoms with van der Waals surface area (Å²) in [4.78, 5) is 15.4. The van der Waals surface area contributed by atoms with Crippen LogP contribution in [-0.4, -0.2) is 17.1 Å². The molecule has 0 aromatic carbocycles.